The molecule has 0 aliphatic rings. The minimum absolute atomic E-state index is 0.0574. The van der Waals surface area contributed by atoms with Gasteiger partial charge >= 0.3 is 0 Å². The topological polar surface area (TPSA) is 140 Å². The van der Waals surface area contributed by atoms with E-state index in [4.69, 9.17) is 41.8 Å². The van der Waals surface area contributed by atoms with Crippen molar-refractivity contribution in [1.29, 1.82) is 0 Å². The molecule has 6 heterocycles. The van der Waals surface area contributed by atoms with Crippen LogP contribution in [0.4, 0.5) is 0 Å². The molecule has 9 heteroatoms. The summed E-state index contributed by atoms with van der Waals surface area (Å²) in [4.78, 5) is 0. The Kier molecular flexibility index (Phi) is 10.2. The highest BCUT2D eigenvalue weighted by molar-refractivity contribution is 5.16. The van der Waals surface area contributed by atoms with Gasteiger partial charge in [-0.2, -0.15) is 0 Å². The van der Waals surface area contributed by atoms with Gasteiger partial charge in [-0.3, -0.25) is 0 Å². The van der Waals surface area contributed by atoms with Crippen LogP contribution in [0.3, 0.4) is 0 Å². The van der Waals surface area contributed by atoms with E-state index >= 15 is 0 Å². The third kappa shape index (κ3) is 8.82. The molecular formula is C30H30O9. The van der Waals surface area contributed by atoms with Gasteiger partial charge in [0.15, 0.2) is 0 Å². The molecule has 0 aliphatic heterocycles. The molecular weight excluding hydrogens is 504 g/mol. The molecule has 0 unspecified atom stereocenters. The van der Waals surface area contributed by atoms with Gasteiger partial charge in [-0.05, 0) is 72.8 Å². The second-order valence-electron chi connectivity index (χ2n) is 8.35. The van der Waals surface area contributed by atoms with Gasteiger partial charge in [0.2, 0.25) is 0 Å². The molecule has 204 valence electrons. The summed E-state index contributed by atoms with van der Waals surface area (Å²) in [5.74, 6) is 6.66. The summed E-state index contributed by atoms with van der Waals surface area (Å²) < 4.78 is 31.4. The zero-order chi connectivity index (χ0) is 27.3. The van der Waals surface area contributed by atoms with Gasteiger partial charge in [-0.15, -0.1) is 0 Å². The molecule has 0 bridgehead atoms. The van der Waals surface area contributed by atoms with Crippen LogP contribution in [0.25, 0.3) is 0 Å². The first-order valence-electron chi connectivity index (χ1n) is 12.3. The molecule has 0 spiro atoms. The molecule has 6 rings (SSSR count). The second kappa shape index (κ2) is 14.5. The fourth-order valence-corrected chi connectivity index (χ4v) is 3.56. The van der Waals surface area contributed by atoms with Crippen LogP contribution in [-0.4, -0.2) is 15.3 Å². The van der Waals surface area contributed by atoms with E-state index in [-0.39, 0.29) is 19.8 Å². The first-order valence-corrected chi connectivity index (χ1v) is 12.3. The molecule has 9 nitrogen and oxygen atoms in total. The molecule has 0 aliphatic carbocycles. The molecule has 6 aromatic heterocycles. The Morgan fingerprint density at radius 2 is 0.641 bits per heavy atom. The molecule has 3 N–H and O–H groups in total. The third-order valence-corrected chi connectivity index (χ3v) is 5.41. The van der Waals surface area contributed by atoms with Gasteiger partial charge in [0, 0.05) is 0 Å². The normalized spacial score (nSPS) is 10.5. The first-order chi connectivity index (χ1) is 19.1. The number of hydrogen-bond donors (Lipinski definition) is 3. The highest BCUT2D eigenvalue weighted by Gasteiger charge is 2.06. The van der Waals surface area contributed by atoms with Crippen molar-refractivity contribution in [3.63, 3.8) is 0 Å². The predicted octanol–water partition coefficient (Wildman–Crippen LogP) is 5.87. The Balaban J connectivity index is 0.000000137. The number of aliphatic hydroxyl groups excluding tert-OH is 3. The van der Waals surface area contributed by atoms with Gasteiger partial charge < -0.3 is 41.8 Å². The van der Waals surface area contributed by atoms with Crippen molar-refractivity contribution in [2.24, 2.45) is 0 Å². The number of aliphatic hydroxyl groups is 3. The van der Waals surface area contributed by atoms with Crippen LogP contribution in [0.15, 0.2) is 118 Å². The van der Waals surface area contributed by atoms with Crippen LogP contribution >= 0.6 is 0 Å². The van der Waals surface area contributed by atoms with Crippen LogP contribution in [0.5, 0.6) is 0 Å². The van der Waals surface area contributed by atoms with E-state index in [0.29, 0.717) is 30.1 Å². The van der Waals surface area contributed by atoms with Crippen LogP contribution in [0.2, 0.25) is 0 Å². The molecule has 6 aromatic rings. The lowest BCUT2D eigenvalue weighted by atomic mass is 10.3. The average Bonchev–Trinajstić information content (AvgIpc) is 3.78. The summed E-state index contributed by atoms with van der Waals surface area (Å²) in [5.41, 5.74) is 0. The highest BCUT2D eigenvalue weighted by atomic mass is 16.4. The summed E-state index contributed by atoms with van der Waals surface area (Å²) in [6, 6.07) is 22.0. The van der Waals surface area contributed by atoms with E-state index in [2.05, 4.69) is 0 Å². The lowest BCUT2D eigenvalue weighted by Crippen LogP contribution is -1.82. The maximum Gasteiger partial charge on any atom is 0.129 e. The zero-order valence-corrected chi connectivity index (χ0v) is 21.2. The fraction of sp³-hybridized carbons (Fsp3) is 0.200. The summed E-state index contributed by atoms with van der Waals surface area (Å²) in [6.07, 6.45) is 6.86. The van der Waals surface area contributed by atoms with Gasteiger partial charge in [0.1, 0.15) is 71.7 Å². The van der Waals surface area contributed by atoms with Crippen molar-refractivity contribution in [2.75, 3.05) is 0 Å². The molecule has 0 fully saturated rings. The van der Waals surface area contributed by atoms with Gasteiger partial charge in [0.05, 0.1) is 38.1 Å². The van der Waals surface area contributed by atoms with Gasteiger partial charge in [0.25, 0.3) is 0 Å². The highest BCUT2D eigenvalue weighted by Crippen LogP contribution is 2.16. The van der Waals surface area contributed by atoms with E-state index in [9.17, 15) is 0 Å². The largest absolute Gasteiger partial charge is 0.469 e. The molecule has 39 heavy (non-hydrogen) atoms. The zero-order valence-electron chi connectivity index (χ0n) is 21.2. The minimum Gasteiger partial charge on any atom is -0.469 e. The number of hydrogen-bond acceptors (Lipinski definition) is 9. The molecule has 0 saturated carbocycles. The standard InChI is InChI=1S/C11H12O4.C10H10O3.C9H8O2/c12-6-10-3-1-8(14-10)5-9-2-4-11(7-13)15-9;11-7-10-4-3-9(13-10)6-8-2-1-5-12-8;1-3-8(10-5-1)7-9-4-2-6-11-9/h1-4,12-13H,5-7H2;1-5,11H,6-7H2;1-6H,7H2. The Labute approximate surface area is 224 Å². The van der Waals surface area contributed by atoms with Crippen molar-refractivity contribution in [1.82, 2.24) is 0 Å². The third-order valence-electron chi connectivity index (χ3n) is 5.41. The monoisotopic (exact) mass is 534 g/mol. The van der Waals surface area contributed by atoms with Gasteiger partial charge in [-0.25, -0.2) is 0 Å². The Hall–Kier alpha value is -4.44. The van der Waals surface area contributed by atoms with Crippen molar-refractivity contribution < 1.29 is 41.8 Å². The maximum absolute atomic E-state index is 8.81. The smallest absolute Gasteiger partial charge is 0.129 e. The van der Waals surface area contributed by atoms with Crippen LogP contribution < -0.4 is 0 Å². The lowest BCUT2D eigenvalue weighted by molar-refractivity contribution is 0.239. The number of rotatable bonds is 9. The molecule has 0 amide bonds. The molecule has 0 saturated heterocycles. The van der Waals surface area contributed by atoms with Crippen molar-refractivity contribution in [2.45, 2.75) is 39.1 Å². The van der Waals surface area contributed by atoms with Crippen LogP contribution in [0.1, 0.15) is 51.8 Å². The Bertz CT molecular complexity index is 1360. The van der Waals surface area contributed by atoms with E-state index in [1.807, 2.05) is 42.5 Å². The lowest BCUT2D eigenvalue weighted by Gasteiger charge is -1.93. The van der Waals surface area contributed by atoms with Gasteiger partial charge in [-0.1, -0.05) is 0 Å². The van der Waals surface area contributed by atoms with Crippen molar-refractivity contribution in [3.8, 4) is 0 Å². The summed E-state index contributed by atoms with van der Waals surface area (Å²) in [6.45, 7) is -0.252. The van der Waals surface area contributed by atoms with E-state index in [1.54, 1.807) is 49.1 Å². The molecule has 0 aromatic carbocycles. The Morgan fingerprint density at radius 1 is 0.359 bits per heavy atom. The average molecular weight is 535 g/mol. The van der Waals surface area contributed by atoms with Crippen LogP contribution in [0, 0.1) is 0 Å². The van der Waals surface area contributed by atoms with Crippen molar-refractivity contribution >= 4 is 0 Å². The second-order valence-corrected chi connectivity index (χ2v) is 8.35. The first kappa shape index (κ1) is 27.6. The number of furan rings is 6. The fourth-order valence-electron chi connectivity index (χ4n) is 3.56. The maximum atomic E-state index is 8.81. The van der Waals surface area contributed by atoms with Crippen molar-refractivity contribution in [3.05, 3.63) is 143 Å². The summed E-state index contributed by atoms with van der Waals surface area (Å²) in [7, 11) is 0. The van der Waals surface area contributed by atoms with Crippen LogP contribution in [-0.2, 0) is 39.1 Å². The van der Waals surface area contributed by atoms with E-state index in [0.717, 1.165) is 41.0 Å². The summed E-state index contributed by atoms with van der Waals surface area (Å²) in [5, 5.41) is 26.4. The Morgan fingerprint density at radius 3 is 0.897 bits per heavy atom. The SMILES string of the molecule is OCc1ccc(Cc2ccc(CO)o2)o1.OCc1ccc(Cc2ccco2)o1.c1coc(Cc2ccco2)c1. The van der Waals surface area contributed by atoms with E-state index < -0.39 is 0 Å². The minimum atomic E-state index is -0.0972. The molecule has 0 atom stereocenters. The predicted molar refractivity (Wildman–Crippen MR) is 138 cm³/mol. The quantitative estimate of drug-likeness (QED) is 0.208. The van der Waals surface area contributed by atoms with E-state index in [1.165, 1.54) is 0 Å². The molecule has 0 radical (unpaired) electrons. The summed E-state index contributed by atoms with van der Waals surface area (Å²) >= 11 is 0.